The van der Waals surface area contributed by atoms with E-state index in [0.29, 0.717) is 33.6 Å². The van der Waals surface area contributed by atoms with Gasteiger partial charge in [-0.15, -0.1) is 0 Å². The van der Waals surface area contributed by atoms with Crippen LogP contribution in [0, 0.1) is 10.4 Å². The lowest BCUT2D eigenvalue weighted by Gasteiger charge is -2.10. The molecule has 4 aromatic heterocycles. The summed E-state index contributed by atoms with van der Waals surface area (Å²) in [6, 6.07) is 17.5. The highest BCUT2D eigenvalue weighted by molar-refractivity contribution is 9.10. The highest BCUT2D eigenvalue weighted by Crippen LogP contribution is 2.38. The van der Waals surface area contributed by atoms with Crippen molar-refractivity contribution in [2.45, 2.75) is 13.3 Å². The van der Waals surface area contributed by atoms with Crippen LogP contribution < -0.4 is 18.9 Å². The minimum atomic E-state index is 0.0429. The number of ether oxygens (including phenoxy) is 2. The average molecular weight is 544 g/mol. The molecule has 0 spiro atoms. The quantitative estimate of drug-likeness (QED) is 0.228. The second-order valence-electron chi connectivity index (χ2n) is 8.12. The number of H-pyrrole nitrogens is 1. The molecule has 6 aromatic rings. The Hall–Kier alpha value is -4.44. The van der Waals surface area contributed by atoms with Gasteiger partial charge in [0.2, 0.25) is 16.9 Å². The lowest BCUT2D eigenvalue weighted by molar-refractivity contribution is -0.577. The van der Waals surface area contributed by atoms with Crippen molar-refractivity contribution in [3.05, 3.63) is 93.6 Å². The Morgan fingerprint density at radius 3 is 2.08 bits per heavy atom. The number of fused-ring (bicyclic) bond motifs is 3. The Kier molecular flexibility index (Phi) is 5.30. The van der Waals surface area contributed by atoms with Gasteiger partial charge in [0.25, 0.3) is 0 Å². The molecule has 10 heteroatoms. The van der Waals surface area contributed by atoms with E-state index in [9.17, 15) is 10.4 Å². The van der Waals surface area contributed by atoms with Crippen LogP contribution in [0.5, 0.6) is 23.4 Å². The third-order valence-electron chi connectivity index (χ3n) is 5.86. The molecule has 1 N–H and O–H groups in total. The number of benzene rings is 2. The predicted molar refractivity (Wildman–Crippen MR) is 137 cm³/mol. The molecule has 0 radical (unpaired) electrons. The molecule has 0 bridgehead atoms. The molecule has 6 rings (SSSR count). The number of hydrogen-bond donors (Lipinski definition) is 1. The smallest absolute Gasteiger partial charge is 0.327 e. The molecule has 0 atom stereocenters. The van der Waals surface area contributed by atoms with Crippen molar-refractivity contribution >= 4 is 48.8 Å². The van der Waals surface area contributed by atoms with E-state index in [1.54, 1.807) is 42.5 Å². The fraction of sp³-hybridized carbons (Fsp3) is 0.0769. The van der Waals surface area contributed by atoms with Gasteiger partial charge in [-0.3, -0.25) is 0 Å². The number of hydrogen-bond acceptors (Lipinski definition) is 6. The van der Waals surface area contributed by atoms with E-state index in [1.807, 2.05) is 25.1 Å². The summed E-state index contributed by atoms with van der Waals surface area (Å²) in [7, 11) is 0. The molecule has 0 saturated heterocycles. The van der Waals surface area contributed by atoms with Crippen LogP contribution in [0.15, 0.2) is 77.5 Å². The zero-order chi connectivity index (χ0) is 24.8. The fourth-order valence-corrected chi connectivity index (χ4v) is 4.82. The lowest BCUT2D eigenvalue weighted by Crippen LogP contribution is -2.25. The monoisotopic (exact) mass is 543 g/mol. The summed E-state index contributed by atoms with van der Waals surface area (Å²) < 4.78 is 14.5. The number of halogens is 1. The maximum Gasteiger partial charge on any atom is 0.327 e. The number of nitrogens with zero attached hydrogens (tertiary/aromatic N) is 4. The van der Waals surface area contributed by atoms with Gasteiger partial charge in [-0.05, 0) is 58.7 Å². The number of rotatable bonds is 5. The van der Waals surface area contributed by atoms with Crippen LogP contribution in [0.1, 0.15) is 12.6 Å². The van der Waals surface area contributed by atoms with Crippen LogP contribution in [-0.4, -0.2) is 15.0 Å². The Balaban J connectivity index is 1.44. The van der Waals surface area contributed by atoms with Crippen molar-refractivity contribution in [1.29, 1.82) is 0 Å². The molecular weight excluding hydrogens is 526 g/mol. The van der Waals surface area contributed by atoms with Gasteiger partial charge in [-0.1, -0.05) is 6.92 Å². The molecule has 0 aliphatic carbocycles. The van der Waals surface area contributed by atoms with E-state index in [0.717, 1.165) is 36.8 Å². The molecular formula is C26H18BrN5O4. The molecule has 0 aliphatic heterocycles. The van der Waals surface area contributed by atoms with Crippen molar-refractivity contribution < 1.29 is 18.9 Å². The van der Waals surface area contributed by atoms with Crippen LogP contribution >= 0.6 is 15.9 Å². The Bertz CT molecular complexity index is 1790. The third kappa shape index (κ3) is 3.81. The van der Waals surface area contributed by atoms with Gasteiger partial charge >= 0.3 is 6.01 Å². The summed E-state index contributed by atoms with van der Waals surface area (Å²) in [5, 5.41) is 26.7. The van der Waals surface area contributed by atoms with Crippen molar-refractivity contribution in [1.82, 2.24) is 15.0 Å². The molecule has 4 heterocycles. The summed E-state index contributed by atoms with van der Waals surface area (Å²) in [6.45, 7) is 2.02. The number of pyridine rings is 2. The van der Waals surface area contributed by atoms with Gasteiger partial charge in [0.1, 0.15) is 17.1 Å². The van der Waals surface area contributed by atoms with Gasteiger partial charge in [0, 0.05) is 28.6 Å². The second kappa shape index (κ2) is 8.65. The van der Waals surface area contributed by atoms with Crippen LogP contribution in [0.3, 0.4) is 0 Å². The van der Waals surface area contributed by atoms with Gasteiger partial charge in [0.05, 0.1) is 22.0 Å². The van der Waals surface area contributed by atoms with E-state index < -0.39 is 0 Å². The molecule has 0 amide bonds. The first-order valence-electron chi connectivity index (χ1n) is 11.2. The minimum Gasteiger partial charge on any atom is -0.618 e. The van der Waals surface area contributed by atoms with Crippen LogP contribution in [0.2, 0.25) is 0 Å². The van der Waals surface area contributed by atoms with Crippen molar-refractivity contribution in [3.63, 3.8) is 0 Å². The minimum absolute atomic E-state index is 0.0429. The molecule has 178 valence electrons. The van der Waals surface area contributed by atoms with E-state index >= 15 is 0 Å². The number of aromatic amines is 1. The zero-order valence-corrected chi connectivity index (χ0v) is 20.5. The van der Waals surface area contributed by atoms with Gasteiger partial charge in [-0.25, -0.2) is 0 Å². The molecule has 0 aliphatic rings. The topological polar surface area (TPSA) is 114 Å². The molecule has 0 fully saturated rings. The largest absolute Gasteiger partial charge is 0.618 e. The molecule has 0 saturated carbocycles. The first-order valence-corrected chi connectivity index (χ1v) is 12.0. The van der Waals surface area contributed by atoms with Crippen LogP contribution in [0.4, 0.5) is 0 Å². The summed E-state index contributed by atoms with van der Waals surface area (Å²) >= 11 is 3.63. The van der Waals surface area contributed by atoms with E-state index in [4.69, 9.17) is 9.47 Å². The second-order valence-corrected chi connectivity index (χ2v) is 8.91. The van der Waals surface area contributed by atoms with Crippen LogP contribution in [-0.2, 0) is 6.42 Å². The first-order chi connectivity index (χ1) is 17.5. The number of aromatic nitrogens is 5. The molecule has 2 aromatic carbocycles. The molecule has 0 unspecified atom stereocenters. The SMILES string of the molecule is CCc1[nH]c2nc(Oc3ccc4ccc[n+]([O-])c4c3)nc(Oc3ccc4ccc[n+]([O-])c4c3)c2c1Br. The summed E-state index contributed by atoms with van der Waals surface area (Å²) in [6.07, 6.45) is 3.60. The first kappa shape index (κ1) is 22.1. The standard InChI is InChI=1S/C26H18BrN5O4/c1-2-19-23(27)22-24(28-19)29-26(36-18-10-8-16-6-4-12-32(34)21(16)14-18)30-25(22)35-17-9-7-15-5-3-11-31(33)20(15)13-17/h3-14H,2H2,1H3,(H,28,29,30). The van der Waals surface area contributed by atoms with Crippen LogP contribution in [0.25, 0.3) is 32.8 Å². The number of nitrogens with one attached hydrogen (secondary N) is 1. The summed E-state index contributed by atoms with van der Waals surface area (Å²) in [4.78, 5) is 12.3. The Morgan fingerprint density at radius 2 is 1.47 bits per heavy atom. The molecule has 9 nitrogen and oxygen atoms in total. The zero-order valence-electron chi connectivity index (χ0n) is 18.9. The lowest BCUT2D eigenvalue weighted by atomic mass is 10.2. The van der Waals surface area contributed by atoms with Crippen molar-refractivity contribution in [2.24, 2.45) is 0 Å². The summed E-state index contributed by atoms with van der Waals surface area (Å²) in [5.41, 5.74) is 2.39. The fourth-order valence-electron chi connectivity index (χ4n) is 4.09. The normalized spacial score (nSPS) is 11.4. The van der Waals surface area contributed by atoms with Crippen molar-refractivity contribution in [2.75, 3.05) is 0 Å². The van der Waals surface area contributed by atoms with Gasteiger partial charge < -0.3 is 24.9 Å². The predicted octanol–water partition coefficient (Wildman–Crippen LogP) is 5.44. The van der Waals surface area contributed by atoms with Crippen molar-refractivity contribution in [3.8, 4) is 23.4 Å². The Morgan fingerprint density at radius 1 is 0.861 bits per heavy atom. The third-order valence-corrected chi connectivity index (χ3v) is 6.73. The maximum absolute atomic E-state index is 12.2. The maximum atomic E-state index is 12.2. The van der Waals surface area contributed by atoms with E-state index in [-0.39, 0.29) is 11.9 Å². The van der Waals surface area contributed by atoms with E-state index in [2.05, 4.69) is 30.9 Å². The summed E-state index contributed by atoms with van der Waals surface area (Å²) in [5.74, 6) is 1.10. The Labute approximate surface area is 212 Å². The van der Waals surface area contributed by atoms with Gasteiger partial charge in [-0.2, -0.15) is 19.4 Å². The number of aryl methyl sites for hydroxylation is 1. The highest BCUT2D eigenvalue weighted by atomic mass is 79.9. The average Bonchev–Trinajstić information content (AvgIpc) is 3.20. The van der Waals surface area contributed by atoms with Gasteiger partial charge in [0.15, 0.2) is 12.4 Å². The highest BCUT2D eigenvalue weighted by Gasteiger charge is 2.20. The molecule has 36 heavy (non-hydrogen) atoms. The van der Waals surface area contributed by atoms with E-state index in [1.165, 1.54) is 12.4 Å².